The number of nitrogens with zero attached hydrogens (tertiary/aromatic N) is 2. The number of unbranched alkanes of at least 4 members (excludes halogenated alkanes) is 15. The number of thioether (sulfide) groups is 1. The zero-order valence-electron chi connectivity index (χ0n) is 26.8. The fourth-order valence-electron chi connectivity index (χ4n) is 6.96. The SMILES string of the molecule is CCCCCCCCCCCCCCCCCCN1c2ccc(C)cc2C(C)(C)C12C=Cc1cc([N+](=O)[O-])ccc1S2. The Morgan fingerprint density at radius 3 is 1.93 bits per heavy atom. The van der Waals surface area contributed by atoms with E-state index >= 15 is 0 Å². The number of hydrogen-bond acceptors (Lipinski definition) is 4. The van der Waals surface area contributed by atoms with Gasteiger partial charge in [0.2, 0.25) is 0 Å². The van der Waals surface area contributed by atoms with Crippen molar-refractivity contribution in [2.24, 2.45) is 0 Å². The standard InChI is InChI=1S/C37H54N2O2S/c1-5-6-7-8-9-10-11-12-13-14-15-16-17-18-19-20-27-38-34-23-21-30(2)28-33(34)36(3,4)37(38)26-25-31-29-32(39(40)41)22-24-35(31)42-37/h21-26,28-29H,5-20,27H2,1-4H3. The van der Waals surface area contributed by atoms with Gasteiger partial charge in [-0.15, -0.1) is 0 Å². The molecule has 42 heavy (non-hydrogen) atoms. The van der Waals surface area contributed by atoms with Crippen LogP contribution in [0.25, 0.3) is 6.08 Å². The highest BCUT2D eigenvalue weighted by Crippen LogP contribution is 2.61. The molecule has 4 rings (SSSR count). The fourth-order valence-corrected chi connectivity index (χ4v) is 8.47. The van der Waals surface area contributed by atoms with E-state index in [9.17, 15) is 10.1 Å². The summed E-state index contributed by atoms with van der Waals surface area (Å²) in [5, 5.41) is 11.4. The number of nitro groups is 1. The molecule has 0 saturated carbocycles. The molecule has 1 unspecified atom stereocenters. The number of rotatable bonds is 18. The third-order valence-corrected chi connectivity index (χ3v) is 11.4. The fraction of sp³-hybridized carbons (Fsp3) is 0.622. The lowest BCUT2D eigenvalue weighted by molar-refractivity contribution is -0.384. The van der Waals surface area contributed by atoms with E-state index in [0.29, 0.717) is 0 Å². The first-order valence-corrected chi connectivity index (χ1v) is 17.7. The minimum Gasteiger partial charge on any atom is -0.352 e. The maximum atomic E-state index is 11.4. The molecule has 5 heteroatoms. The number of aryl methyl sites for hydroxylation is 1. The molecule has 0 amide bonds. The molecule has 230 valence electrons. The van der Waals surface area contributed by atoms with Crippen LogP contribution in [-0.4, -0.2) is 16.3 Å². The molecule has 1 atom stereocenters. The van der Waals surface area contributed by atoms with Crippen molar-refractivity contribution in [3.05, 3.63) is 69.3 Å². The van der Waals surface area contributed by atoms with Crippen LogP contribution in [0.15, 0.2) is 47.4 Å². The van der Waals surface area contributed by atoms with E-state index in [1.807, 2.05) is 17.8 Å². The van der Waals surface area contributed by atoms with E-state index in [1.54, 1.807) is 12.1 Å². The van der Waals surface area contributed by atoms with Crippen LogP contribution in [-0.2, 0) is 5.41 Å². The van der Waals surface area contributed by atoms with E-state index in [-0.39, 0.29) is 20.9 Å². The van der Waals surface area contributed by atoms with Gasteiger partial charge in [-0.1, -0.05) is 153 Å². The summed E-state index contributed by atoms with van der Waals surface area (Å²) in [5.74, 6) is 0. The Hall–Kier alpha value is -2.27. The predicted octanol–water partition coefficient (Wildman–Crippen LogP) is 11.8. The molecular weight excluding hydrogens is 536 g/mol. The minimum atomic E-state index is -0.301. The van der Waals surface area contributed by atoms with Crippen LogP contribution in [0.5, 0.6) is 0 Å². The lowest BCUT2D eigenvalue weighted by atomic mass is 9.79. The van der Waals surface area contributed by atoms with Gasteiger partial charge in [0, 0.05) is 34.7 Å². The Balaban J connectivity index is 1.25. The largest absolute Gasteiger partial charge is 0.352 e. The molecule has 4 nitrogen and oxygen atoms in total. The summed E-state index contributed by atoms with van der Waals surface area (Å²) in [4.78, 5) is 14.6. The lowest BCUT2D eigenvalue weighted by Crippen LogP contribution is -2.52. The van der Waals surface area contributed by atoms with E-state index in [0.717, 1.165) is 17.0 Å². The van der Waals surface area contributed by atoms with Crippen molar-refractivity contribution in [2.75, 3.05) is 11.4 Å². The highest BCUT2D eigenvalue weighted by molar-refractivity contribution is 8.01. The number of nitro benzene ring substituents is 1. The van der Waals surface area contributed by atoms with Crippen LogP contribution in [0.3, 0.4) is 0 Å². The quantitative estimate of drug-likeness (QED) is 0.0984. The summed E-state index contributed by atoms with van der Waals surface area (Å²) < 4.78 is 0. The molecule has 2 aromatic carbocycles. The Labute approximate surface area is 259 Å². The number of fused-ring (bicyclic) bond motifs is 2. The normalized spacial score (nSPS) is 18.4. The first-order chi connectivity index (χ1) is 20.3. The van der Waals surface area contributed by atoms with Crippen molar-refractivity contribution in [1.82, 2.24) is 0 Å². The monoisotopic (exact) mass is 590 g/mol. The smallest absolute Gasteiger partial charge is 0.270 e. The Bertz CT molecular complexity index is 1210. The van der Waals surface area contributed by atoms with Gasteiger partial charge in [0.05, 0.1) is 4.92 Å². The third kappa shape index (κ3) is 7.62. The average Bonchev–Trinajstić information content (AvgIpc) is 3.14. The average molecular weight is 591 g/mol. The zero-order chi connectivity index (χ0) is 30.0. The molecular formula is C37H54N2O2S. The van der Waals surface area contributed by atoms with E-state index in [1.165, 1.54) is 120 Å². The van der Waals surface area contributed by atoms with Crippen molar-refractivity contribution in [2.45, 2.75) is 146 Å². The maximum Gasteiger partial charge on any atom is 0.270 e. The summed E-state index contributed by atoms with van der Waals surface area (Å²) in [6.45, 7) is 10.2. The predicted molar refractivity (Wildman–Crippen MR) is 182 cm³/mol. The molecule has 0 saturated heterocycles. The van der Waals surface area contributed by atoms with Crippen LogP contribution in [0.2, 0.25) is 0 Å². The molecule has 1 spiro atoms. The minimum absolute atomic E-state index is 0.107. The summed E-state index contributed by atoms with van der Waals surface area (Å²) in [5.41, 5.74) is 5.04. The zero-order valence-corrected chi connectivity index (χ0v) is 27.6. The third-order valence-electron chi connectivity index (χ3n) is 9.61. The molecule has 0 aliphatic carbocycles. The van der Waals surface area contributed by atoms with Crippen molar-refractivity contribution >= 4 is 29.2 Å². The van der Waals surface area contributed by atoms with Gasteiger partial charge in [-0.05, 0) is 42.7 Å². The number of hydrogen-bond donors (Lipinski definition) is 0. The first kappa shape index (κ1) is 32.6. The van der Waals surface area contributed by atoms with E-state index < -0.39 is 0 Å². The molecule has 0 N–H and O–H groups in total. The highest BCUT2D eigenvalue weighted by atomic mass is 32.2. The van der Waals surface area contributed by atoms with Gasteiger partial charge in [-0.2, -0.15) is 0 Å². The van der Waals surface area contributed by atoms with Gasteiger partial charge in [-0.25, -0.2) is 0 Å². The van der Waals surface area contributed by atoms with Crippen molar-refractivity contribution in [3.8, 4) is 0 Å². The Morgan fingerprint density at radius 1 is 0.786 bits per heavy atom. The summed E-state index contributed by atoms with van der Waals surface area (Å²) >= 11 is 1.87. The lowest BCUT2D eigenvalue weighted by Gasteiger charge is -2.47. The number of non-ortho nitro benzene ring substituents is 1. The van der Waals surface area contributed by atoms with Gasteiger partial charge in [0.1, 0.15) is 4.87 Å². The molecule has 0 fully saturated rings. The topological polar surface area (TPSA) is 46.4 Å². The van der Waals surface area contributed by atoms with Crippen molar-refractivity contribution in [1.29, 1.82) is 0 Å². The van der Waals surface area contributed by atoms with Gasteiger partial charge in [0.25, 0.3) is 5.69 Å². The summed E-state index contributed by atoms with van der Waals surface area (Å²) in [6, 6.07) is 12.2. The van der Waals surface area contributed by atoms with Crippen LogP contribution in [0.4, 0.5) is 11.4 Å². The van der Waals surface area contributed by atoms with Crippen LogP contribution < -0.4 is 4.90 Å². The van der Waals surface area contributed by atoms with E-state index in [4.69, 9.17) is 0 Å². The Morgan fingerprint density at radius 2 is 1.36 bits per heavy atom. The van der Waals surface area contributed by atoms with Crippen molar-refractivity contribution < 1.29 is 4.92 Å². The molecule has 2 heterocycles. The molecule has 0 bridgehead atoms. The van der Waals surface area contributed by atoms with E-state index in [2.05, 4.69) is 62.9 Å². The Kier molecular flexibility index (Phi) is 12.0. The first-order valence-electron chi connectivity index (χ1n) is 16.9. The van der Waals surface area contributed by atoms with Crippen LogP contribution in [0.1, 0.15) is 140 Å². The number of anilines is 1. The summed E-state index contributed by atoms with van der Waals surface area (Å²) in [6.07, 6.45) is 26.5. The molecule has 2 aliphatic rings. The van der Waals surface area contributed by atoms with Crippen molar-refractivity contribution in [3.63, 3.8) is 0 Å². The molecule has 0 aromatic heterocycles. The van der Waals surface area contributed by atoms with Crippen LogP contribution >= 0.6 is 11.8 Å². The van der Waals surface area contributed by atoms with Gasteiger partial charge in [-0.3, -0.25) is 10.1 Å². The second-order valence-electron chi connectivity index (χ2n) is 13.2. The number of benzene rings is 2. The van der Waals surface area contributed by atoms with Gasteiger partial charge in [0.15, 0.2) is 0 Å². The maximum absolute atomic E-state index is 11.4. The molecule has 2 aliphatic heterocycles. The highest BCUT2D eigenvalue weighted by Gasteiger charge is 2.57. The second kappa shape index (κ2) is 15.5. The summed E-state index contributed by atoms with van der Waals surface area (Å²) in [7, 11) is 0. The molecule has 0 radical (unpaired) electrons. The van der Waals surface area contributed by atoms with Gasteiger partial charge < -0.3 is 4.90 Å². The molecule has 2 aromatic rings. The second-order valence-corrected chi connectivity index (χ2v) is 14.5. The van der Waals surface area contributed by atoms with Crippen LogP contribution in [0, 0.1) is 17.0 Å². The van der Waals surface area contributed by atoms with Gasteiger partial charge >= 0.3 is 0 Å².